The van der Waals surface area contributed by atoms with Crippen LogP contribution in [0, 0.1) is 0 Å². The summed E-state index contributed by atoms with van der Waals surface area (Å²) in [6.07, 6.45) is 0. The largest absolute Gasteiger partial charge is 0.496 e. The highest BCUT2D eigenvalue weighted by atomic mass is 16.5. The van der Waals surface area contributed by atoms with Crippen LogP contribution in [0.15, 0.2) is 42.5 Å². The van der Waals surface area contributed by atoms with E-state index >= 15 is 0 Å². The molecule has 0 radical (unpaired) electrons. The first-order valence-electron chi connectivity index (χ1n) is 5.84. The van der Waals surface area contributed by atoms with Gasteiger partial charge in [-0.25, -0.2) is 0 Å². The predicted molar refractivity (Wildman–Crippen MR) is 69.6 cm³/mol. The van der Waals surface area contributed by atoms with Gasteiger partial charge < -0.3 is 10.1 Å². The summed E-state index contributed by atoms with van der Waals surface area (Å²) < 4.78 is 5.38. The third kappa shape index (κ3) is 1.56. The van der Waals surface area contributed by atoms with Gasteiger partial charge in [-0.3, -0.25) is 4.79 Å². The Hall–Kier alpha value is -2.29. The molecule has 0 fully saturated rings. The van der Waals surface area contributed by atoms with Crippen LogP contribution in [0.1, 0.15) is 15.9 Å². The first kappa shape index (κ1) is 10.8. The molecule has 1 amide bonds. The summed E-state index contributed by atoms with van der Waals surface area (Å²) in [5, 5.41) is 2.85. The van der Waals surface area contributed by atoms with Crippen LogP contribution in [0.3, 0.4) is 0 Å². The number of methoxy groups -OCH3 is 1. The smallest absolute Gasteiger partial charge is 0.251 e. The molecular weight excluding hydrogens is 226 g/mol. The van der Waals surface area contributed by atoms with Crippen LogP contribution >= 0.6 is 0 Å². The van der Waals surface area contributed by atoms with E-state index in [0.717, 1.165) is 28.0 Å². The topological polar surface area (TPSA) is 38.3 Å². The number of para-hydroxylation sites is 1. The van der Waals surface area contributed by atoms with Gasteiger partial charge >= 0.3 is 0 Å². The maximum Gasteiger partial charge on any atom is 0.251 e. The first-order valence-corrected chi connectivity index (χ1v) is 5.84. The lowest BCUT2D eigenvalue weighted by Crippen LogP contribution is -2.12. The summed E-state index contributed by atoms with van der Waals surface area (Å²) in [6.45, 7) is 0.586. The molecule has 3 rings (SSSR count). The second kappa shape index (κ2) is 4.18. The van der Waals surface area contributed by atoms with Gasteiger partial charge in [-0.2, -0.15) is 0 Å². The van der Waals surface area contributed by atoms with Crippen molar-refractivity contribution in [2.24, 2.45) is 0 Å². The zero-order valence-electron chi connectivity index (χ0n) is 10.1. The fourth-order valence-electron chi connectivity index (χ4n) is 2.37. The molecule has 90 valence electrons. The van der Waals surface area contributed by atoms with E-state index in [9.17, 15) is 4.79 Å². The van der Waals surface area contributed by atoms with E-state index < -0.39 is 0 Å². The van der Waals surface area contributed by atoms with E-state index in [1.165, 1.54) is 0 Å². The van der Waals surface area contributed by atoms with E-state index in [1.54, 1.807) is 7.11 Å². The molecule has 0 atom stereocenters. The maximum absolute atomic E-state index is 11.7. The van der Waals surface area contributed by atoms with E-state index in [1.807, 2.05) is 42.5 Å². The summed E-state index contributed by atoms with van der Waals surface area (Å²) in [6, 6.07) is 13.6. The van der Waals surface area contributed by atoms with E-state index in [4.69, 9.17) is 4.74 Å². The third-order valence-electron chi connectivity index (χ3n) is 3.24. The normalized spacial score (nSPS) is 13.1. The molecule has 0 unspecified atom stereocenters. The monoisotopic (exact) mass is 239 g/mol. The number of carbonyl (C=O) groups excluding carboxylic acids is 1. The lowest BCUT2D eigenvalue weighted by Gasteiger charge is -2.11. The summed E-state index contributed by atoms with van der Waals surface area (Å²) in [5.74, 6) is 0.826. The highest BCUT2D eigenvalue weighted by Crippen LogP contribution is 2.34. The molecule has 1 aliphatic heterocycles. The second-order valence-electron chi connectivity index (χ2n) is 4.21. The van der Waals surface area contributed by atoms with Gasteiger partial charge in [0.2, 0.25) is 0 Å². The number of ether oxygens (including phenoxy) is 1. The third-order valence-corrected chi connectivity index (χ3v) is 3.24. The van der Waals surface area contributed by atoms with E-state index in [2.05, 4.69) is 5.32 Å². The Balaban J connectivity index is 2.22. The summed E-state index contributed by atoms with van der Waals surface area (Å²) in [4.78, 5) is 11.7. The maximum atomic E-state index is 11.7. The van der Waals surface area contributed by atoms with Gasteiger partial charge in [-0.05, 0) is 23.3 Å². The molecule has 3 heteroatoms. The van der Waals surface area contributed by atoms with Crippen LogP contribution in [0.25, 0.3) is 11.1 Å². The predicted octanol–water partition coefficient (Wildman–Crippen LogP) is 2.61. The molecule has 0 bridgehead atoms. The second-order valence-corrected chi connectivity index (χ2v) is 4.21. The number of rotatable bonds is 2. The van der Waals surface area contributed by atoms with Gasteiger partial charge in [0.05, 0.1) is 7.11 Å². The number of benzene rings is 2. The zero-order valence-corrected chi connectivity index (χ0v) is 10.1. The number of nitrogens with one attached hydrogen (secondary N) is 1. The van der Waals surface area contributed by atoms with Crippen molar-refractivity contribution in [3.05, 3.63) is 53.6 Å². The van der Waals surface area contributed by atoms with Gasteiger partial charge in [0.25, 0.3) is 5.91 Å². The van der Waals surface area contributed by atoms with Crippen molar-refractivity contribution in [2.75, 3.05) is 7.11 Å². The highest BCUT2D eigenvalue weighted by molar-refractivity contribution is 6.00. The van der Waals surface area contributed by atoms with Gasteiger partial charge in [-0.1, -0.05) is 30.3 Å². The average Bonchev–Trinajstić information content (AvgIpc) is 2.81. The molecule has 0 aliphatic carbocycles. The van der Waals surface area contributed by atoms with Crippen LogP contribution in [0.2, 0.25) is 0 Å². The van der Waals surface area contributed by atoms with Crippen LogP contribution in [0.5, 0.6) is 5.75 Å². The highest BCUT2D eigenvalue weighted by Gasteiger charge is 2.22. The zero-order chi connectivity index (χ0) is 12.5. The number of amides is 1. The first-order chi connectivity index (χ1) is 8.81. The fraction of sp³-hybridized carbons (Fsp3) is 0.133. The molecule has 0 spiro atoms. The molecule has 1 N–H and O–H groups in total. The molecule has 2 aromatic carbocycles. The van der Waals surface area contributed by atoms with Crippen molar-refractivity contribution in [2.45, 2.75) is 6.54 Å². The van der Waals surface area contributed by atoms with Gasteiger partial charge in [-0.15, -0.1) is 0 Å². The van der Waals surface area contributed by atoms with Gasteiger partial charge in [0.15, 0.2) is 0 Å². The minimum atomic E-state index is 0.00162. The Labute approximate surface area is 105 Å². The minimum absolute atomic E-state index is 0.00162. The molecule has 2 aromatic rings. The summed E-state index contributed by atoms with van der Waals surface area (Å²) in [5.41, 5.74) is 3.89. The standard InChI is InChI=1S/C15H13NO2/c1-18-14-8-3-2-5-11(14)10-6-4-7-12-13(10)9-16-15(12)17/h2-8H,9H2,1H3,(H,16,17). The molecular formula is C15H13NO2. The molecule has 0 aromatic heterocycles. The molecule has 1 heterocycles. The lowest BCUT2D eigenvalue weighted by atomic mass is 9.96. The Bertz CT molecular complexity index is 620. The van der Waals surface area contributed by atoms with Gasteiger partial charge in [0.1, 0.15) is 5.75 Å². The minimum Gasteiger partial charge on any atom is -0.496 e. The van der Waals surface area contributed by atoms with Crippen molar-refractivity contribution >= 4 is 5.91 Å². The van der Waals surface area contributed by atoms with Crippen molar-refractivity contribution in [3.8, 4) is 16.9 Å². The molecule has 18 heavy (non-hydrogen) atoms. The summed E-state index contributed by atoms with van der Waals surface area (Å²) >= 11 is 0. The van der Waals surface area contributed by atoms with Crippen molar-refractivity contribution in [1.29, 1.82) is 0 Å². The molecule has 3 nitrogen and oxygen atoms in total. The summed E-state index contributed by atoms with van der Waals surface area (Å²) in [7, 11) is 1.66. The van der Waals surface area contributed by atoms with Crippen molar-refractivity contribution in [3.63, 3.8) is 0 Å². The number of hydrogen-bond donors (Lipinski definition) is 1. The van der Waals surface area contributed by atoms with Crippen LogP contribution in [0.4, 0.5) is 0 Å². The molecule has 0 saturated carbocycles. The molecule has 0 saturated heterocycles. The SMILES string of the molecule is COc1ccccc1-c1cccc2c1CNC2=O. The quantitative estimate of drug-likeness (QED) is 0.874. The number of carbonyl (C=O) groups is 1. The van der Waals surface area contributed by atoms with Crippen LogP contribution in [-0.4, -0.2) is 13.0 Å². The van der Waals surface area contributed by atoms with Crippen LogP contribution in [-0.2, 0) is 6.54 Å². The van der Waals surface area contributed by atoms with Crippen molar-refractivity contribution < 1.29 is 9.53 Å². The Morgan fingerprint density at radius 1 is 1.00 bits per heavy atom. The Morgan fingerprint density at radius 2 is 1.72 bits per heavy atom. The lowest BCUT2D eigenvalue weighted by molar-refractivity contribution is 0.0966. The van der Waals surface area contributed by atoms with E-state index in [0.29, 0.717) is 6.54 Å². The van der Waals surface area contributed by atoms with Crippen LogP contribution < -0.4 is 10.1 Å². The van der Waals surface area contributed by atoms with Gasteiger partial charge in [0, 0.05) is 17.7 Å². The van der Waals surface area contributed by atoms with E-state index in [-0.39, 0.29) is 5.91 Å². The van der Waals surface area contributed by atoms with Crippen molar-refractivity contribution in [1.82, 2.24) is 5.32 Å². The number of fused-ring (bicyclic) bond motifs is 1. The Kier molecular flexibility index (Phi) is 2.52. The number of hydrogen-bond acceptors (Lipinski definition) is 2. The Morgan fingerprint density at radius 3 is 2.56 bits per heavy atom. The fourth-order valence-corrected chi connectivity index (χ4v) is 2.37. The average molecular weight is 239 g/mol. The molecule has 1 aliphatic rings.